The average Bonchev–Trinajstić information content (AvgIpc) is 2.83. The van der Waals surface area contributed by atoms with E-state index in [2.05, 4.69) is 31.9 Å². The number of carbonyl (C=O) groups is 4. The van der Waals surface area contributed by atoms with Crippen molar-refractivity contribution in [3.8, 4) is 0 Å². The quantitative estimate of drug-likeness (QED) is 0.143. The number of carbonyl (C=O) groups excluding carboxylic acids is 4. The van der Waals surface area contributed by atoms with Crippen molar-refractivity contribution in [3.63, 3.8) is 0 Å². The van der Waals surface area contributed by atoms with Gasteiger partial charge in [-0.1, -0.05) is 39.1 Å². The van der Waals surface area contributed by atoms with E-state index in [4.69, 9.17) is 42.1 Å². The molecule has 0 aliphatic carbocycles. The van der Waals surface area contributed by atoms with Crippen LogP contribution in [0.5, 0.6) is 0 Å². The van der Waals surface area contributed by atoms with Crippen molar-refractivity contribution in [2.75, 3.05) is 13.2 Å². The molecule has 13 heteroatoms. The normalized spacial score (nSPS) is 11.8. The maximum absolute atomic E-state index is 13.2. The summed E-state index contributed by atoms with van der Waals surface area (Å²) in [7, 11) is 0. The molecule has 0 saturated heterocycles. The minimum atomic E-state index is -0.729. The molecular weight excluding hydrogens is 690 g/mol. The summed E-state index contributed by atoms with van der Waals surface area (Å²) in [5.41, 5.74) is 0.280. The van der Waals surface area contributed by atoms with Crippen LogP contribution in [0.2, 0.25) is 10.0 Å². The average molecular weight is 717 g/mol. The lowest BCUT2D eigenvalue weighted by molar-refractivity contribution is -0.146. The fourth-order valence-corrected chi connectivity index (χ4v) is 3.94. The van der Waals surface area contributed by atoms with Crippen molar-refractivity contribution >= 4 is 78.9 Å². The van der Waals surface area contributed by atoms with Crippen LogP contribution in [0.3, 0.4) is 0 Å². The molecular formula is C26H27Br2Cl2FO8. The summed E-state index contributed by atoms with van der Waals surface area (Å²) in [6, 6.07) is 7.14. The first kappa shape index (κ1) is 34.8. The predicted octanol–water partition coefficient (Wildman–Crippen LogP) is 7.34. The van der Waals surface area contributed by atoms with E-state index >= 15 is 0 Å². The maximum Gasteiger partial charge on any atom is 0.339 e. The molecule has 2 rings (SSSR count). The Bertz CT molecular complexity index is 1180. The van der Waals surface area contributed by atoms with Crippen molar-refractivity contribution in [3.05, 3.63) is 66.3 Å². The van der Waals surface area contributed by atoms with Gasteiger partial charge in [0.25, 0.3) is 0 Å². The summed E-state index contributed by atoms with van der Waals surface area (Å²) in [4.78, 5) is 46.3. The van der Waals surface area contributed by atoms with Gasteiger partial charge in [-0.2, -0.15) is 0 Å². The summed E-state index contributed by atoms with van der Waals surface area (Å²) >= 11 is 17.9. The Morgan fingerprint density at radius 1 is 0.795 bits per heavy atom. The van der Waals surface area contributed by atoms with E-state index < -0.39 is 41.9 Å². The highest BCUT2D eigenvalue weighted by atomic mass is 79.9. The van der Waals surface area contributed by atoms with Crippen molar-refractivity contribution < 1.29 is 42.5 Å². The number of halogens is 5. The number of hydrogen-bond donors (Lipinski definition) is 0. The molecule has 0 fully saturated rings. The SMILES string of the molecule is CCOC(=O)C[C@@H](C)OC(=O)c1cc(Br)c(F)cc1Cl.CCOC(=O)C[C@H](C)OC(=O)c1cc(Br)ccc1Cl. The molecule has 39 heavy (non-hydrogen) atoms. The highest BCUT2D eigenvalue weighted by molar-refractivity contribution is 9.10. The molecule has 0 heterocycles. The monoisotopic (exact) mass is 714 g/mol. The number of benzene rings is 2. The Kier molecular flexibility index (Phi) is 15.6. The molecule has 2 atom stereocenters. The van der Waals surface area contributed by atoms with E-state index in [1.807, 2.05) is 0 Å². The first-order valence-corrected chi connectivity index (χ1v) is 14.0. The Morgan fingerprint density at radius 3 is 1.72 bits per heavy atom. The summed E-state index contributed by atoms with van der Waals surface area (Å²) < 4.78 is 33.8. The molecule has 2 aromatic carbocycles. The van der Waals surface area contributed by atoms with Crippen LogP contribution in [-0.2, 0) is 28.5 Å². The fraction of sp³-hybridized carbons (Fsp3) is 0.385. The molecule has 2 aromatic rings. The number of rotatable bonds is 10. The van der Waals surface area contributed by atoms with E-state index in [1.54, 1.807) is 45.9 Å². The Balaban J connectivity index is 0.000000391. The zero-order valence-corrected chi connectivity index (χ0v) is 26.2. The lowest BCUT2D eigenvalue weighted by Gasteiger charge is -2.13. The van der Waals surface area contributed by atoms with Gasteiger partial charge in [0.1, 0.15) is 18.0 Å². The summed E-state index contributed by atoms with van der Waals surface area (Å²) in [6.07, 6.45) is -1.27. The third-order valence-corrected chi connectivity index (χ3v) is 6.26. The molecule has 214 valence electrons. The van der Waals surface area contributed by atoms with Crippen molar-refractivity contribution in [1.29, 1.82) is 0 Å². The van der Waals surface area contributed by atoms with E-state index in [1.165, 1.54) is 6.07 Å². The van der Waals surface area contributed by atoms with Gasteiger partial charge >= 0.3 is 23.9 Å². The van der Waals surface area contributed by atoms with Crippen molar-refractivity contribution in [1.82, 2.24) is 0 Å². The minimum absolute atomic E-state index is 0.0190. The molecule has 0 aliphatic heterocycles. The summed E-state index contributed by atoms with van der Waals surface area (Å²) in [6.45, 7) is 7.15. The standard InChI is InChI=1S/C13H13BrClFO4.C13H14BrClO4/c1-3-19-12(17)4-7(2)20-13(18)8-5-9(14)11(16)6-10(8)15;1-3-18-12(16)6-8(2)19-13(17)10-7-9(14)4-5-11(10)15/h5-7H,3-4H2,1-2H3;4-5,7-8H,3,6H2,1-2H3/t7-;8-/m10/s1. The maximum atomic E-state index is 13.2. The molecule has 0 aliphatic rings. The summed E-state index contributed by atoms with van der Waals surface area (Å²) in [5, 5.41) is 0.246. The molecule has 0 unspecified atom stereocenters. The lowest BCUT2D eigenvalue weighted by Crippen LogP contribution is -2.20. The van der Waals surface area contributed by atoms with Crippen LogP contribution in [0.4, 0.5) is 4.39 Å². The van der Waals surface area contributed by atoms with Gasteiger partial charge in [0.15, 0.2) is 0 Å². The van der Waals surface area contributed by atoms with E-state index in [9.17, 15) is 23.6 Å². The smallest absolute Gasteiger partial charge is 0.339 e. The van der Waals surface area contributed by atoms with Crippen LogP contribution in [0.15, 0.2) is 39.3 Å². The van der Waals surface area contributed by atoms with Crippen LogP contribution < -0.4 is 0 Å². The van der Waals surface area contributed by atoms with Gasteiger partial charge in [-0.15, -0.1) is 0 Å². The van der Waals surface area contributed by atoms with E-state index in [-0.39, 0.29) is 40.1 Å². The van der Waals surface area contributed by atoms with Crippen LogP contribution in [0, 0.1) is 5.82 Å². The molecule has 0 N–H and O–H groups in total. The predicted molar refractivity (Wildman–Crippen MR) is 151 cm³/mol. The molecule has 0 spiro atoms. The zero-order valence-electron chi connectivity index (χ0n) is 21.5. The van der Waals surface area contributed by atoms with Gasteiger partial charge in [-0.05, 0) is 74.0 Å². The second-order valence-corrected chi connectivity index (χ2v) is 10.4. The molecule has 0 amide bonds. The molecule has 0 aromatic heterocycles. The Morgan fingerprint density at radius 2 is 1.26 bits per heavy atom. The van der Waals surface area contributed by atoms with Crippen molar-refractivity contribution in [2.24, 2.45) is 0 Å². The highest BCUT2D eigenvalue weighted by Crippen LogP contribution is 2.26. The Labute approximate surface area is 252 Å². The minimum Gasteiger partial charge on any atom is -0.466 e. The van der Waals surface area contributed by atoms with E-state index in [0.29, 0.717) is 11.6 Å². The molecule has 8 nitrogen and oxygen atoms in total. The van der Waals surface area contributed by atoms with Gasteiger partial charge in [0.2, 0.25) is 0 Å². The van der Waals surface area contributed by atoms with Gasteiger partial charge in [-0.25, -0.2) is 14.0 Å². The molecule has 0 radical (unpaired) electrons. The molecule has 0 bridgehead atoms. The second-order valence-electron chi connectivity index (χ2n) is 7.82. The van der Waals surface area contributed by atoms with Gasteiger partial charge in [0, 0.05) is 4.47 Å². The summed E-state index contributed by atoms with van der Waals surface area (Å²) in [5.74, 6) is -2.73. The fourth-order valence-electron chi connectivity index (χ4n) is 2.82. The van der Waals surface area contributed by atoms with Crippen LogP contribution in [0.25, 0.3) is 0 Å². The third-order valence-electron chi connectivity index (χ3n) is 4.51. The third kappa shape index (κ3) is 12.7. The molecule has 0 saturated carbocycles. The van der Waals surface area contributed by atoms with Crippen LogP contribution in [-0.4, -0.2) is 49.3 Å². The first-order chi connectivity index (χ1) is 18.3. The topological polar surface area (TPSA) is 105 Å². The Hall–Kier alpha value is -2.21. The number of hydrogen-bond acceptors (Lipinski definition) is 8. The first-order valence-electron chi connectivity index (χ1n) is 11.6. The number of ether oxygens (including phenoxy) is 4. The zero-order chi connectivity index (χ0) is 29.7. The highest BCUT2D eigenvalue weighted by Gasteiger charge is 2.20. The van der Waals surface area contributed by atoms with Crippen LogP contribution in [0.1, 0.15) is 61.3 Å². The van der Waals surface area contributed by atoms with Crippen LogP contribution >= 0.6 is 55.1 Å². The number of esters is 4. The van der Waals surface area contributed by atoms with Gasteiger partial charge < -0.3 is 18.9 Å². The van der Waals surface area contributed by atoms with Gasteiger partial charge in [-0.3, -0.25) is 9.59 Å². The largest absolute Gasteiger partial charge is 0.466 e. The van der Waals surface area contributed by atoms with Crippen molar-refractivity contribution in [2.45, 2.75) is 52.7 Å². The van der Waals surface area contributed by atoms with Gasteiger partial charge in [0.05, 0.1) is 51.7 Å². The lowest BCUT2D eigenvalue weighted by atomic mass is 10.2. The second kappa shape index (κ2) is 17.5. The van der Waals surface area contributed by atoms with E-state index in [0.717, 1.165) is 10.5 Å².